The van der Waals surface area contributed by atoms with Gasteiger partial charge in [-0.15, -0.1) is 0 Å². The van der Waals surface area contributed by atoms with Gasteiger partial charge in [0.05, 0.1) is 11.6 Å². The Balaban J connectivity index is 1.60. The molecule has 2 saturated carbocycles. The third-order valence-electron chi connectivity index (χ3n) is 7.49. The summed E-state index contributed by atoms with van der Waals surface area (Å²) in [6.45, 7) is 0.762. The first-order valence-electron chi connectivity index (χ1n) is 12.1. The van der Waals surface area contributed by atoms with Crippen molar-refractivity contribution in [1.82, 2.24) is 21.3 Å². The lowest BCUT2D eigenvalue weighted by Crippen LogP contribution is -2.55. The first-order chi connectivity index (χ1) is 14.5. The third kappa shape index (κ3) is 6.43. The summed E-state index contributed by atoms with van der Waals surface area (Å²) < 4.78 is 0. The molecule has 4 atom stereocenters. The molecule has 0 aromatic rings. The predicted molar refractivity (Wildman–Crippen MR) is 119 cm³/mol. The van der Waals surface area contributed by atoms with Gasteiger partial charge in [-0.05, 0) is 50.4 Å². The summed E-state index contributed by atoms with van der Waals surface area (Å²) in [5.41, 5.74) is -0.672. The van der Waals surface area contributed by atoms with Crippen molar-refractivity contribution in [2.24, 2.45) is 11.8 Å². The Labute approximate surface area is 181 Å². The van der Waals surface area contributed by atoms with Crippen molar-refractivity contribution in [3.8, 4) is 0 Å². The van der Waals surface area contributed by atoms with Crippen LogP contribution in [0.15, 0.2) is 0 Å². The average Bonchev–Trinajstić information content (AvgIpc) is 3.17. The van der Waals surface area contributed by atoms with E-state index in [0.717, 1.165) is 64.2 Å². The zero-order chi connectivity index (χ0) is 21.4. The van der Waals surface area contributed by atoms with Gasteiger partial charge in [0.15, 0.2) is 5.96 Å². The molecule has 30 heavy (non-hydrogen) atoms. The van der Waals surface area contributed by atoms with Crippen LogP contribution in [0.1, 0.15) is 83.5 Å². The van der Waals surface area contributed by atoms with E-state index in [4.69, 9.17) is 5.41 Å². The smallest absolute Gasteiger partial charge is 0.237 e. The van der Waals surface area contributed by atoms with Crippen LogP contribution in [-0.2, 0) is 9.59 Å². The maximum Gasteiger partial charge on any atom is 0.237 e. The fourth-order valence-corrected chi connectivity index (χ4v) is 5.78. The molecule has 0 aromatic carbocycles. The largest absolute Gasteiger partial charge is 0.360 e. The van der Waals surface area contributed by atoms with Crippen molar-refractivity contribution in [2.45, 2.75) is 101 Å². The van der Waals surface area contributed by atoms with E-state index in [9.17, 15) is 9.59 Å². The average molecular weight is 420 g/mol. The first kappa shape index (κ1) is 23.0. The summed E-state index contributed by atoms with van der Waals surface area (Å²) in [4.78, 5) is 24.3. The number of carbonyl (C=O) groups excluding carboxylic acids is 2. The van der Waals surface area contributed by atoms with E-state index in [1.54, 1.807) is 7.05 Å². The van der Waals surface area contributed by atoms with Gasteiger partial charge < -0.3 is 26.1 Å². The van der Waals surface area contributed by atoms with Crippen LogP contribution in [0, 0.1) is 17.2 Å². The molecule has 7 nitrogen and oxygen atoms in total. The second kappa shape index (κ2) is 11.1. The molecule has 0 unspecified atom stereocenters. The second-order valence-corrected chi connectivity index (χ2v) is 9.80. The normalized spacial score (nSPS) is 29.6. The molecule has 0 aromatic heterocycles. The predicted octanol–water partition coefficient (Wildman–Crippen LogP) is 2.46. The van der Waals surface area contributed by atoms with Crippen LogP contribution >= 0.6 is 0 Å². The summed E-state index contributed by atoms with van der Waals surface area (Å²) in [7, 11) is 1.72. The van der Waals surface area contributed by atoms with Crippen molar-refractivity contribution < 1.29 is 9.59 Å². The number of guanidine groups is 1. The summed E-state index contributed by atoms with van der Waals surface area (Å²) in [6, 6.07) is 0.274. The Kier molecular flexibility index (Phi) is 8.54. The molecule has 1 amide bonds. The topological polar surface area (TPSA) is 106 Å². The Bertz CT molecular complexity index is 592. The lowest BCUT2D eigenvalue weighted by molar-refractivity contribution is -0.121. The van der Waals surface area contributed by atoms with Gasteiger partial charge in [-0.1, -0.05) is 44.9 Å². The van der Waals surface area contributed by atoms with Crippen molar-refractivity contribution in [3.63, 3.8) is 0 Å². The Morgan fingerprint density at radius 2 is 1.90 bits per heavy atom. The molecule has 170 valence electrons. The Hall–Kier alpha value is -1.63. The van der Waals surface area contributed by atoms with Crippen molar-refractivity contribution >= 4 is 18.2 Å². The number of amides is 1. The molecule has 1 saturated heterocycles. The molecular formula is C23H41N5O2. The number of hydrogen-bond acceptors (Lipinski definition) is 4. The minimum atomic E-state index is -0.672. The fourth-order valence-electron chi connectivity index (χ4n) is 5.78. The molecule has 1 aliphatic heterocycles. The zero-order valence-electron chi connectivity index (χ0n) is 18.6. The van der Waals surface area contributed by atoms with Crippen LogP contribution in [0.25, 0.3) is 0 Å². The number of carbonyl (C=O) groups is 2. The summed E-state index contributed by atoms with van der Waals surface area (Å²) in [5, 5.41) is 20.7. The van der Waals surface area contributed by atoms with E-state index in [2.05, 4.69) is 21.3 Å². The summed E-state index contributed by atoms with van der Waals surface area (Å²) in [6.07, 6.45) is 15.4. The van der Waals surface area contributed by atoms with Crippen LogP contribution in [-0.4, -0.2) is 49.4 Å². The lowest BCUT2D eigenvalue weighted by atomic mass is 9.74. The molecular weight excluding hydrogens is 378 g/mol. The highest BCUT2D eigenvalue weighted by Crippen LogP contribution is 2.35. The maximum atomic E-state index is 12.4. The van der Waals surface area contributed by atoms with Gasteiger partial charge in [-0.3, -0.25) is 10.2 Å². The zero-order valence-corrected chi connectivity index (χ0v) is 18.6. The van der Waals surface area contributed by atoms with E-state index in [0.29, 0.717) is 17.9 Å². The van der Waals surface area contributed by atoms with Gasteiger partial charge in [0.1, 0.15) is 6.29 Å². The number of rotatable bonds is 9. The monoisotopic (exact) mass is 419 g/mol. The molecule has 1 heterocycles. The lowest BCUT2D eigenvalue weighted by Gasteiger charge is -2.38. The van der Waals surface area contributed by atoms with Gasteiger partial charge in [-0.25, -0.2) is 0 Å². The highest BCUT2D eigenvalue weighted by atomic mass is 16.2. The fraction of sp³-hybridized carbons (Fsp3) is 0.870. The van der Waals surface area contributed by atoms with Crippen molar-refractivity contribution in [1.29, 1.82) is 5.41 Å². The third-order valence-corrected chi connectivity index (χ3v) is 7.49. The molecule has 3 fully saturated rings. The van der Waals surface area contributed by atoms with Crippen LogP contribution < -0.4 is 21.3 Å². The molecule has 2 aliphatic carbocycles. The molecule has 0 spiro atoms. The first-order valence-corrected chi connectivity index (χ1v) is 12.1. The molecule has 3 aliphatic rings. The number of nitrogens with one attached hydrogen (secondary N) is 5. The van der Waals surface area contributed by atoms with Gasteiger partial charge in [-0.2, -0.15) is 0 Å². The molecule has 0 bridgehead atoms. The number of hydrogen-bond donors (Lipinski definition) is 5. The van der Waals surface area contributed by atoms with Crippen LogP contribution in [0.5, 0.6) is 0 Å². The van der Waals surface area contributed by atoms with Crippen LogP contribution in [0.4, 0.5) is 0 Å². The molecule has 3 rings (SSSR count). The Morgan fingerprint density at radius 3 is 2.57 bits per heavy atom. The minimum Gasteiger partial charge on any atom is -0.360 e. The van der Waals surface area contributed by atoms with E-state index in [1.165, 1.54) is 32.1 Å². The van der Waals surface area contributed by atoms with E-state index in [-0.39, 0.29) is 17.9 Å². The summed E-state index contributed by atoms with van der Waals surface area (Å²) >= 11 is 0. The SMILES string of the molecule is CNC(=N)N[C@](C=O)(CCC1CCCCC1)C[C@H]1CCC[C@H](N[C@H]2CCNC2=O)C1. The van der Waals surface area contributed by atoms with Crippen LogP contribution in [0.3, 0.4) is 0 Å². The quantitative estimate of drug-likeness (QED) is 0.224. The van der Waals surface area contributed by atoms with Crippen molar-refractivity contribution in [3.05, 3.63) is 0 Å². The second-order valence-electron chi connectivity index (χ2n) is 9.80. The van der Waals surface area contributed by atoms with Gasteiger partial charge in [0.2, 0.25) is 5.91 Å². The highest BCUT2D eigenvalue weighted by molar-refractivity contribution is 5.83. The van der Waals surface area contributed by atoms with E-state index < -0.39 is 5.54 Å². The maximum absolute atomic E-state index is 12.4. The van der Waals surface area contributed by atoms with Gasteiger partial charge in [0.25, 0.3) is 0 Å². The van der Waals surface area contributed by atoms with Crippen LogP contribution in [0.2, 0.25) is 0 Å². The minimum absolute atomic E-state index is 0.0635. The van der Waals surface area contributed by atoms with E-state index >= 15 is 0 Å². The highest BCUT2D eigenvalue weighted by Gasteiger charge is 2.37. The van der Waals surface area contributed by atoms with Gasteiger partial charge >= 0.3 is 0 Å². The molecule has 5 N–H and O–H groups in total. The standard InChI is InChI=1S/C23H41N5O2/c1-25-22(24)28-23(16-29,12-10-17-6-3-2-4-7-17)15-18-8-5-9-19(14-18)27-20-11-13-26-21(20)30/h16-20,27H,2-15H2,1H3,(H,26,30)(H3,24,25,28)/t18-,19-,20-,23+/m0/s1. The van der Waals surface area contributed by atoms with Gasteiger partial charge in [0, 0.05) is 19.6 Å². The van der Waals surface area contributed by atoms with Crippen molar-refractivity contribution in [2.75, 3.05) is 13.6 Å². The number of aldehydes is 1. The summed E-state index contributed by atoms with van der Waals surface area (Å²) in [5.74, 6) is 1.48. The molecule has 0 radical (unpaired) electrons. The van der Waals surface area contributed by atoms with E-state index in [1.807, 2.05) is 0 Å². The molecule has 7 heteroatoms. The Morgan fingerprint density at radius 1 is 1.13 bits per heavy atom.